The number of rotatable bonds is 9. The maximum Gasteiger partial charge on any atom is 0.410 e. The average molecular weight is 703 g/mol. The van der Waals surface area contributed by atoms with Crippen LogP contribution < -0.4 is 25.6 Å². The van der Waals surface area contributed by atoms with Gasteiger partial charge < -0.3 is 34.5 Å². The van der Waals surface area contributed by atoms with E-state index >= 15 is 0 Å². The molecule has 0 saturated carbocycles. The number of amides is 1. The summed E-state index contributed by atoms with van der Waals surface area (Å²) in [6.07, 6.45) is -0.0842. The van der Waals surface area contributed by atoms with Gasteiger partial charge in [0.15, 0.2) is 5.82 Å². The maximum atomic E-state index is 12.9. The Bertz CT molecular complexity index is 1840. The third kappa shape index (κ3) is 8.73. The molecule has 2 aliphatic heterocycles. The lowest BCUT2D eigenvalue weighted by Crippen LogP contribution is -2.55. The van der Waals surface area contributed by atoms with Crippen LogP contribution in [0.5, 0.6) is 5.75 Å². The van der Waals surface area contributed by atoms with E-state index in [-0.39, 0.29) is 40.2 Å². The number of aromatic nitrogens is 2. The van der Waals surface area contributed by atoms with Crippen molar-refractivity contribution < 1.29 is 25.7 Å². The van der Waals surface area contributed by atoms with Gasteiger partial charge in [-0.2, -0.15) is 4.98 Å². The molecule has 3 heterocycles. The van der Waals surface area contributed by atoms with E-state index in [1.807, 2.05) is 25.7 Å². The van der Waals surface area contributed by atoms with Gasteiger partial charge in [-0.05, 0) is 77.1 Å². The number of methoxy groups -OCH3 is 1. The molecule has 1 aromatic heterocycles. The van der Waals surface area contributed by atoms with E-state index in [1.54, 1.807) is 48.6 Å². The highest BCUT2D eigenvalue weighted by molar-refractivity contribution is 7.70. The molecule has 48 heavy (non-hydrogen) atoms. The van der Waals surface area contributed by atoms with Crippen LogP contribution in [0.3, 0.4) is 0 Å². The van der Waals surface area contributed by atoms with E-state index in [4.69, 9.17) is 27.9 Å². The van der Waals surface area contributed by atoms with Crippen molar-refractivity contribution in [3.63, 3.8) is 0 Å². The Hall–Kier alpha value is -3.53. The standard InChI is InChI=1S/C35H49ClN7O4P/c1-8-24-21-28(39-33-37-23-26(36)32(40-33)38-27-11-9-10-12-31(27)48(6,7)45)30(46-5)22-29(24)42-15-13-25(14-16-42)41-17-19-43(20-18-41)34(44)47-35(2,3)4/h9-12,21-23,25H,8,13-20H2,1-7H3,(H2,37,38,39,40)/i1D3,8D2. The van der Waals surface area contributed by atoms with Crippen molar-refractivity contribution in [1.82, 2.24) is 19.8 Å². The lowest BCUT2D eigenvalue weighted by molar-refractivity contribution is 0.00901. The first-order valence-corrected chi connectivity index (χ1v) is 19.1. The fourth-order valence-electron chi connectivity index (χ4n) is 6.08. The van der Waals surface area contributed by atoms with E-state index in [1.165, 1.54) is 19.4 Å². The summed E-state index contributed by atoms with van der Waals surface area (Å²) >= 11 is 6.47. The molecule has 2 N–H and O–H groups in total. The van der Waals surface area contributed by atoms with Crippen LogP contribution >= 0.6 is 18.7 Å². The highest BCUT2D eigenvalue weighted by atomic mass is 35.5. The Kier molecular flexibility index (Phi) is 9.14. The number of anilines is 5. The summed E-state index contributed by atoms with van der Waals surface area (Å²) in [7, 11) is -1.17. The number of benzene rings is 2. The first-order valence-electron chi connectivity index (χ1n) is 18.6. The smallest absolute Gasteiger partial charge is 0.410 e. The van der Waals surface area contributed by atoms with Crippen molar-refractivity contribution in [2.24, 2.45) is 0 Å². The Balaban J connectivity index is 1.37. The SMILES string of the molecule is [2H]C([2H])([2H])C([2H])([2H])c1cc(Nc2ncc(Cl)c(Nc3ccccc3P(C)(C)=O)n2)c(OC)cc1N1CCC(N2CCN(C(=O)OC(C)(C)C)CC2)CC1. The van der Waals surface area contributed by atoms with Crippen LogP contribution in [0.15, 0.2) is 42.6 Å². The molecule has 0 bridgehead atoms. The van der Waals surface area contributed by atoms with Gasteiger partial charge >= 0.3 is 6.09 Å². The summed E-state index contributed by atoms with van der Waals surface area (Å²) in [5, 5.41) is 7.07. The number of para-hydroxylation sites is 1. The number of carbonyl (C=O) groups is 1. The van der Waals surface area contributed by atoms with Gasteiger partial charge in [-0.1, -0.05) is 30.6 Å². The Morgan fingerprint density at radius 3 is 2.44 bits per heavy atom. The zero-order valence-corrected chi connectivity index (χ0v) is 30.1. The molecule has 0 aliphatic carbocycles. The Morgan fingerprint density at radius 2 is 1.79 bits per heavy atom. The molecule has 0 radical (unpaired) electrons. The predicted molar refractivity (Wildman–Crippen MR) is 196 cm³/mol. The van der Waals surface area contributed by atoms with Crippen LogP contribution in [0, 0.1) is 0 Å². The van der Waals surface area contributed by atoms with E-state index in [0.29, 0.717) is 48.6 Å². The molecular weight excluding hydrogens is 649 g/mol. The number of aryl methyl sites for hydroxylation is 1. The number of hydrogen-bond acceptors (Lipinski definition) is 10. The molecular formula is C35H49ClN7O4P. The molecule has 2 aliphatic rings. The molecule has 5 rings (SSSR count). The number of halogens is 1. The summed E-state index contributed by atoms with van der Waals surface area (Å²) in [5.74, 6) is 0.666. The summed E-state index contributed by atoms with van der Waals surface area (Å²) in [6.45, 7) is 9.66. The first-order chi connectivity index (χ1) is 24.7. The highest BCUT2D eigenvalue weighted by Gasteiger charge is 2.31. The zero-order chi connectivity index (χ0) is 38.9. The van der Waals surface area contributed by atoms with Crippen molar-refractivity contribution in [2.45, 2.75) is 58.5 Å². The number of ether oxygens (including phenoxy) is 2. The second-order valence-electron chi connectivity index (χ2n) is 13.4. The minimum atomic E-state index is -2.97. The van der Waals surface area contributed by atoms with Gasteiger partial charge in [0, 0.05) is 69.2 Å². The fourth-order valence-corrected chi connectivity index (χ4v) is 7.37. The van der Waals surface area contributed by atoms with Gasteiger partial charge in [0.2, 0.25) is 5.95 Å². The van der Waals surface area contributed by atoms with Crippen molar-refractivity contribution in [3.8, 4) is 5.75 Å². The number of nitrogens with zero attached hydrogens (tertiary/aromatic N) is 5. The van der Waals surface area contributed by atoms with Crippen LogP contribution in [0.25, 0.3) is 0 Å². The molecule has 0 atom stereocenters. The normalized spacial score (nSPS) is 18.6. The van der Waals surface area contributed by atoms with Gasteiger partial charge in [-0.15, -0.1) is 0 Å². The largest absolute Gasteiger partial charge is 0.494 e. The van der Waals surface area contributed by atoms with Crippen LogP contribution in [0.1, 0.15) is 52.9 Å². The fraction of sp³-hybridized carbons (Fsp3) is 0.514. The van der Waals surface area contributed by atoms with Crippen LogP contribution in [-0.4, -0.2) is 97.2 Å². The molecule has 2 fully saturated rings. The van der Waals surface area contributed by atoms with Crippen LogP contribution in [-0.2, 0) is 15.7 Å². The topological polar surface area (TPSA) is 112 Å². The molecule has 13 heteroatoms. The predicted octanol–water partition coefficient (Wildman–Crippen LogP) is 6.96. The van der Waals surface area contributed by atoms with Gasteiger partial charge in [0.25, 0.3) is 0 Å². The van der Waals surface area contributed by atoms with Gasteiger partial charge in [-0.3, -0.25) is 4.90 Å². The number of nitrogens with one attached hydrogen (secondary N) is 2. The third-order valence-electron chi connectivity index (χ3n) is 8.47. The quantitative estimate of drug-likeness (QED) is 0.227. The van der Waals surface area contributed by atoms with Crippen LogP contribution in [0.2, 0.25) is 5.02 Å². The number of carbonyl (C=O) groups excluding carboxylic acids is 1. The molecule has 1 amide bonds. The second kappa shape index (κ2) is 14.9. The number of hydrogen-bond donors (Lipinski definition) is 2. The maximum absolute atomic E-state index is 12.9. The second-order valence-corrected chi connectivity index (χ2v) is 17.0. The lowest BCUT2D eigenvalue weighted by Gasteiger charge is -2.43. The molecule has 2 aromatic carbocycles. The van der Waals surface area contributed by atoms with E-state index < -0.39 is 26.0 Å². The summed E-state index contributed by atoms with van der Waals surface area (Å²) in [4.78, 5) is 27.5. The summed E-state index contributed by atoms with van der Waals surface area (Å²) in [6, 6.07) is 10.5. The summed E-state index contributed by atoms with van der Waals surface area (Å²) < 4.78 is 66.3. The first kappa shape index (κ1) is 29.4. The molecule has 2 saturated heterocycles. The van der Waals surface area contributed by atoms with Crippen molar-refractivity contribution in [1.29, 1.82) is 0 Å². The average Bonchev–Trinajstić information content (AvgIpc) is 3.08. The molecule has 0 spiro atoms. The molecule has 11 nitrogen and oxygen atoms in total. The number of piperidine rings is 1. The highest BCUT2D eigenvalue weighted by Crippen LogP contribution is 2.40. The minimum Gasteiger partial charge on any atom is -0.494 e. The molecule has 0 unspecified atom stereocenters. The number of piperazine rings is 1. The molecule has 260 valence electrons. The van der Waals surface area contributed by atoms with Crippen LogP contribution in [0.4, 0.5) is 33.6 Å². The third-order valence-corrected chi connectivity index (χ3v) is 10.3. The van der Waals surface area contributed by atoms with E-state index in [2.05, 4.69) is 25.5 Å². The van der Waals surface area contributed by atoms with Crippen molar-refractivity contribution >= 4 is 59.0 Å². The van der Waals surface area contributed by atoms with E-state index in [0.717, 1.165) is 25.9 Å². The van der Waals surface area contributed by atoms with E-state index in [9.17, 15) is 9.36 Å². The van der Waals surface area contributed by atoms with Gasteiger partial charge in [0.05, 0.1) is 24.7 Å². The Morgan fingerprint density at radius 1 is 1.08 bits per heavy atom. The van der Waals surface area contributed by atoms with Crippen molar-refractivity contribution in [3.05, 3.63) is 53.2 Å². The summed E-state index contributed by atoms with van der Waals surface area (Å²) in [5.41, 5.74) is 0.698. The Labute approximate surface area is 296 Å². The van der Waals surface area contributed by atoms with Gasteiger partial charge in [0.1, 0.15) is 23.5 Å². The minimum absolute atomic E-state index is 0.0203. The zero-order valence-electron chi connectivity index (χ0n) is 33.5. The van der Waals surface area contributed by atoms with Crippen molar-refractivity contribution in [2.75, 3.05) is 75.2 Å². The monoisotopic (exact) mass is 702 g/mol. The van der Waals surface area contributed by atoms with Gasteiger partial charge in [-0.25, -0.2) is 9.78 Å². The lowest BCUT2D eigenvalue weighted by atomic mass is 9.99. The molecule has 3 aromatic rings.